The second-order valence-electron chi connectivity index (χ2n) is 4.90. The average Bonchev–Trinajstić information content (AvgIpc) is 2.33. The summed E-state index contributed by atoms with van der Waals surface area (Å²) in [7, 11) is -0.850. The zero-order valence-electron chi connectivity index (χ0n) is 12.0. The normalized spacial score (nSPS) is 14.4. The molecule has 2 unspecified atom stereocenters. The van der Waals surface area contributed by atoms with E-state index in [1.54, 1.807) is 0 Å². The van der Waals surface area contributed by atoms with Crippen molar-refractivity contribution in [1.29, 1.82) is 0 Å². The lowest BCUT2D eigenvalue weighted by Gasteiger charge is -2.11. The molecule has 1 aromatic carbocycles. The van der Waals surface area contributed by atoms with Crippen molar-refractivity contribution in [3.8, 4) is 0 Å². The number of aryl methyl sites for hydroxylation is 2. The first kappa shape index (κ1) is 15.4. The summed E-state index contributed by atoms with van der Waals surface area (Å²) in [5.41, 5.74) is 2.48. The van der Waals surface area contributed by atoms with Crippen LogP contribution in [0.25, 0.3) is 0 Å². The van der Waals surface area contributed by atoms with Gasteiger partial charge in [-0.2, -0.15) is 0 Å². The zero-order valence-corrected chi connectivity index (χ0v) is 12.8. The van der Waals surface area contributed by atoms with Gasteiger partial charge in [0, 0.05) is 16.7 Å². The van der Waals surface area contributed by atoms with Crippen LogP contribution in [0.4, 0.5) is 0 Å². The first-order valence-corrected chi connectivity index (χ1v) is 8.05. The van der Waals surface area contributed by atoms with Gasteiger partial charge < -0.3 is 5.32 Å². The number of hydrogen-bond acceptors (Lipinski definition) is 2. The fourth-order valence-electron chi connectivity index (χ4n) is 1.94. The summed E-state index contributed by atoms with van der Waals surface area (Å²) in [4.78, 5) is 0.967. The van der Waals surface area contributed by atoms with E-state index in [1.165, 1.54) is 11.1 Å². The second-order valence-corrected chi connectivity index (χ2v) is 6.47. The van der Waals surface area contributed by atoms with Gasteiger partial charge in [-0.05, 0) is 63.4 Å². The fraction of sp³-hybridized carbons (Fsp3) is 0.600. The van der Waals surface area contributed by atoms with Crippen LogP contribution in [0.5, 0.6) is 0 Å². The van der Waals surface area contributed by atoms with Crippen molar-refractivity contribution in [2.75, 3.05) is 12.3 Å². The molecule has 0 spiro atoms. The molecule has 0 heterocycles. The lowest BCUT2D eigenvalue weighted by molar-refractivity contribution is 0.525. The van der Waals surface area contributed by atoms with Crippen LogP contribution in [-0.2, 0) is 10.8 Å². The molecule has 0 amide bonds. The summed E-state index contributed by atoms with van der Waals surface area (Å²) < 4.78 is 12.1. The molecule has 18 heavy (non-hydrogen) atoms. The molecule has 0 radical (unpaired) electrons. The van der Waals surface area contributed by atoms with Crippen LogP contribution >= 0.6 is 0 Å². The molecule has 0 saturated carbocycles. The molecule has 0 fully saturated rings. The molecule has 0 aliphatic rings. The van der Waals surface area contributed by atoms with Gasteiger partial charge in [0.2, 0.25) is 0 Å². The van der Waals surface area contributed by atoms with Crippen molar-refractivity contribution in [3.05, 3.63) is 29.3 Å². The standard InChI is InChI=1S/C15H25NOS/c1-5-16-14(4)7-6-10-18(17)15-9-8-12(2)13(3)11-15/h8-9,11,14,16H,5-7,10H2,1-4H3. The van der Waals surface area contributed by atoms with Crippen LogP contribution in [-0.4, -0.2) is 22.5 Å². The van der Waals surface area contributed by atoms with Gasteiger partial charge in [-0.3, -0.25) is 4.21 Å². The summed E-state index contributed by atoms with van der Waals surface area (Å²) in [6.07, 6.45) is 2.10. The van der Waals surface area contributed by atoms with Crippen LogP contribution in [0.1, 0.15) is 37.8 Å². The minimum Gasteiger partial charge on any atom is -0.315 e. The van der Waals surface area contributed by atoms with Crippen molar-refractivity contribution >= 4 is 10.8 Å². The Morgan fingerprint density at radius 1 is 1.28 bits per heavy atom. The summed E-state index contributed by atoms with van der Waals surface area (Å²) in [6, 6.07) is 6.63. The Hall–Kier alpha value is -0.670. The van der Waals surface area contributed by atoms with Crippen molar-refractivity contribution in [3.63, 3.8) is 0 Å². The first-order chi connectivity index (χ1) is 8.54. The van der Waals surface area contributed by atoms with Gasteiger partial charge in [0.15, 0.2) is 0 Å². The number of rotatable bonds is 7. The monoisotopic (exact) mass is 267 g/mol. The quantitative estimate of drug-likeness (QED) is 0.822. The molecule has 2 atom stereocenters. The van der Waals surface area contributed by atoms with Crippen LogP contribution in [0.2, 0.25) is 0 Å². The van der Waals surface area contributed by atoms with E-state index in [2.05, 4.69) is 45.1 Å². The first-order valence-electron chi connectivity index (χ1n) is 6.73. The molecule has 0 aliphatic carbocycles. The molecule has 102 valence electrons. The maximum absolute atomic E-state index is 12.1. The SMILES string of the molecule is CCNC(C)CCCS(=O)c1ccc(C)c(C)c1. The zero-order chi connectivity index (χ0) is 13.5. The van der Waals surface area contributed by atoms with Gasteiger partial charge in [0.05, 0.1) is 10.8 Å². The van der Waals surface area contributed by atoms with E-state index < -0.39 is 10.8 Å². The molecule has 0 bridgehead atoms. The van der Waals surface area contributed by atoms with E-state index in [9.17, 15) is 4.21 Å². The summed E-state index contributed by atoms with van der Waals surface area (Å²) in [5.74, 6) is 0.762. The van der Waals surface area contributed by atoms with Crippen molar-refractivity contribution in [2.45, 2.75) is 51.5 Å². The van der Waals surface area contributed by atoms with Crippen LogP contribution in [0, 0.1) is 13.8 Å². The van der Waals surface area contributed by atoms with Gasteiger partial charge in [0.1, 0.15) is 0 Å². The van der Waals surface area contributed by atoms with E-state index in [0.717, 1.165) is 30.0 Å². The number of benzene rings is 1. The topological polar surface area (TPSA) is 29.1 Å². The lowest BCUT2D eigenvalue weighted by Crippen LogP contribution is -2.25. The van der Waals surface area contributed by atoms with Crippen LogP contribution in [0.3, 0.4) is 0 Å². The van der Waals surface area contributed by atoms with Gasteiger partial charge in [-0.15, -0.1) is 0 Å². The molecule has 2 nitrogen and oxygen atoms in total. The summed E-state index contributed by atoms with van der Waals surface area (Å²) >= 11 is 0. The minimum atomic E-state index is -0.850. The van der Waals surface area contributed by atoms with E-state index >= 15 is 0 Å². The molecule has 3 heteroatoms. The van der Waals surface area contributed by atoms with Crippen LogP contribution in [0.15, 0.2) is 23.1 Å². The third-order valence-electron chi connectivity index (χ3n) is 3.26. The van der Waals surface area contributed by atoms with E-state index in [0.29, 0.717) is 6.04 Å². The molecule has 1 N–H and O–H groups in total. The average molecular weight is 267 g/mol. The Kier molecular flexibility index (Phi) is 6.58. The molecule has 0 aromatic heterocycles. The molecule has 1 aromatic rings. The highest BCUT2D eigenvalue weighted by atomic mass is 32.2. The Balaban J connectivity index is 2.43. The predicted octanol–water partition coefficient (Wildman–Crippen LogP) is 3.19. The molecular formula is C15H25NOS. The Labute approximate surface area is 114 Å². The van der Waals surface area contributed by atoms with Crippen LogP contribution < -0.4 is 5.32 Å². The smallest absolute Gasteiger partial charge is 0.0529 e. The number of nitrogens with one attached hydrogen (secondary N) is 1. The Bertz CT molecular complexity index is 403. The third kappa shape index (κ3) is 4.91. The van der Waals surface area contributed by atoms with Gasteiger partial charge in [-0.25, -0.2) is 0 Å². The third-order valence-corrected chi connectivity index (χ3v) is 4.70. The molecule has 1 rings (SSSR count). The highest BCUT2D eigenvalue weighted by Gasteiger charge is 2.06. The summed E-state index contributed by atoms with van der Waals surface area (Å²) in [6.45, 7) is 9.46. The maximum Gasteiger partial charge on any atom is 0.0529 e. The highest BCUT2D eigenvalue weighted by molar-refractivity contribution is 7.85. The van der Waals surface area contributed by atoms with Crippen molar-refractivity contribution < 1.29 is 4.21 Å². The number of hydrogen-bond donors (Lipinski definition) is 1. The highest BCUT2D eigenvalue weighted by Crippen LogP contribution is 2.14. The van der Waals surface area contributed by atoms with Gasteiger partial charge in [-0.1, -0.05) is 13.0 Å². The predicted molar refractivity (Wildman–Crippen MR) is 79.6 cm³/mol. The van der Waals surface area contributed by atoms with E-state index in [1.807, 2.05) is 6.07 Å². The minimum absolute atomic E-state index is 0.520. The second kappa shape index (κ2) is 7.70. The Morgan fingerprint density at radius 3 is 2.61 bits per heavy atom. The molecule has 0 saturated heterocycles. The van der Waals surface area contributed by atoms with E-state index in [-0.39, 0.29) is 0 Å². The lowest BCUT2D eigenvalue weighted by atomic mass is 10.1. The fourth-order valence-corrected chi connectivity index (χ4v) is 3.14. The molecule has 0 aliphatic heterocycles. The van der Waals surface area contributed by atoms with Crippen molar-refractivity contribution in [2.24, 2.45) is 0 Å². The maximum atomic E-state index is 12.1. The van der Waals surface area contributed by atoms with Crippen molar-refractivity contribution in [1.82, 2.24) is 5.32 Å². The van der Waals surface area contributed by atoms with E-state index in [4.69, 9.17) is 0 Å². The summed E-state index contributed by atoms with van der Waals surface area (Å²) in [5, 5.41) is 3.38. The molecular weight excluding hydrogens is 242 g/mol. The Morgan fingerprint density at radius 2 is 2.00 bits per heavy atom. The largest absolute Gasteiger partial charge is 0.315 e. The van der Waals surface area contributed by atoms with Gasteiger partial charge in [0.25, 0.3) is 0 Å². The van der Waals surface area contributed by atoms with Gasteiger partial charge >= 0.3 is 0 Å².